The molecule has 1 aliphatic heterocycles. The normalized spacial score (nSPS) is 20.0. The van der Waals surface area contributed by atoms with E-state index in [2.05, 4.69) is 53.9 Å². The second-order valence-corrected chi connectivity index (χ2v) is 3.10. The van der Waals surface area contributed by atoms with Crippen LogP contribution in [0.25, 0.3) is 0 Å². The first-order chi connectivity index (χ1) is 6.47. The molecule has 1 heterocycles. The average Bonchev–Trinajstić information content (AvgIpc) is 2.28. The number of hydrogen-bond acceptors (Lipinski definition) is 1. The first kappa shape index (κ1) is 8.11. The summed E-state index contributed by atoms with van der Waals surface area (Å²) in [7, 11) is 0. The molecule has 1 heteroatoms. The molecule has 1 nitrogen and oxygen atoms in total. The fraction of sp³-hybridized carbons (Fsp3) is 0.167. The number of anilines is 1. The average molecular weight is 171 g/mol. The van der Waals surface area contributed by atoms with Crippen molar-refractivity contribution in [2.45, 2.75) is 6.42 Å². The second kappa shape index (κ2) is 3.94. The fourth-order valence-corrected chi connectivity index (χ4v) is 1.46. The van der Waals surface area contributed by atoms with E-state index >= 15 is 0 Å². The lowest BCUT2D eigenvalue weighted by Gasteiger charge is -2.07. The number of hydrogen-bond donors (Lipinski definition) is 1. The third-order valence-corrected chi connectivity index (χ3v) is 2.15. The summed E-state index contributed by atoms with van der Waals surface area (Å²) < 4.78 is 0. The van der Waals surface area contributed by atoms with Gasteiger partial charge in [0, 0.05) is 12.2 Å². The summed E-state index contributed by atoms with van der Waals surface area (Å²) in [5.41, 5.74) is 2.61. The molecular weight excluding hydrogens is 158 g/mol. The molecule has 1 N–H and O–H groups in total. The molecular formula is C12H13N. The van der Waals surface area contributed by atoms with Crippen LogP contribution in [0.4, 0.5) is 5.69 Å². The first-order valence-corrected chi connectivity index (χ1v) is 4.60. The van der Waals surface area contributed by atoms with Crippen LogP contribution in [0.2, 0.25) is 0 Å². The minimum atomic E-state index is 0.904. The van der Waals surface area contributed by atoms with Gasteiger partial charge in [-0.15, -0.1) is 0 Å². The van der Waals surface area contributed by atoms with E-state index in [9.17, 15) is 0 Å². The van der Waals surface area contributed by atoms with Crippen molar-refractivity contribution in [1.82, 2.24) is 0 Å². The van der Waals surface area contributed by atoms with Crippen molar-refractivity contribution in [3.05, 3.63) is 54.1 Å². The van der Waals surface area contributed by atoms with Gasteiger partial charge in [-0.2, -0.15) is 0 Å². The molecule has 1 aromatic carbocycles. The monoisotopic (exact) mass is 171 g/mol. The van der Waals surface area contributed by atoms with Gasteiger partial charge in [-0.05, 0) is 18.1 Å². The number of para-hydroxylation sites is 1. The van der Waals surface area contributed by atoms with Gasteiger partial charge >= 0.3 is 0 Å². The number of allylic oxidation sites excluding steroid dienone is 3. The zero-order valence-corrected chi connectivity index (χ0v) is 7.53. The third kappa shape index (κ3) is 2.00. The van der Waals surface area contributed by atoms with Crippen molar-refractivity contribution in [1.29, 1.82) is 0 Å². The van der Waals surface area contributed by atoms with Crippen molar-refractivity contribution in [3.8, 4) is 0 Å². The predicted octanol–water partition coefficient (Wildman–Crippen LogP) is 2.77. The summed E-state index contributed by atoms with van der Waals surface area (Å²) in [6.45, 7) is 0.904. The van der Waals surface area contributed by atoms with Gasteiger partial charge in [0.2, 0.25) is 0 Å². The molecule has 0 saturated heterocycles. The summed E-state index contributed by atoms with van der Waals surface area (Å²) >= 11 is 0. The molecule has 0 amide bonds. The largest absolute Gasteiger partial charge is 0.381 e. The Morgan fingerprint density at radius 1 is 1.00 bits per heavy atom. The topological polar surface area (TPSA) is 12.0 Å². The third-order valence-electron chi connectivity index (χ3n) is 2.15. The SMILES string of the molecule is C1=C\CNc2ccccc2C\C=C/1. The van der Waals surface area contributed by atoms with Crippen molar-refractivity contribution < 1.29 is 0 Å². The maximum atomic E-state index is 3.38. The van der Waals surface area contributed by atoms with Crippen LogP contribution in [-0.2, 0) is 6.42 Å². The van der Waals surface area contributed by atoms with Crippen LogP contribution < -0.4 is 5.32 Å². The van der Waals surface area contributed by atoms with Crippen molar-refractivity contribution >= 4 is 5.69 Å². The van der Waals surface area contributed by atoms with E-state index in [1.54, 1.807) is 0 Å². The van der Waals surface area contributed by atoms with E-state index in [0.717, 1.165) is 13.0 Å². The molecule has 1 aromatic rings. The van der Waals surface area contributed by atoms with Crippen LogP contribution in [0.1, 0.15) is 5.56 Å². The van der Waals surface area contributed by atoms with Gasteiger partial charge < -0.3 is 5.32 Å². The number of nitrogens with one attached hydrogen (secondary N) is 1. The lowest BCUT2D eigenvalue weighted by atomic mass is 10.1. The maximum Gasteiger partial charge on any atom is 0.0378 e. The highest BCUT2D eigenvalue weighted by Gasteiger charge is 1.98. The highest BCUT2D eigenvalue weighted by atomic mass is 14.9. The van der Waals surface area contributed by atoms with Gasteiger partial charge in [0.15, 0.2) is 0 Å². The molecule has 0 bridgehead atoms. The van der Waals surface area contributed by atoms with Gasteiger partial charge in [0.1, 0.15) is 0 Å². The van der Waals surface area contributed by atoms with Gasteiger partial charge in [-0.1, -0.05) is 42.5 Å². The molecule has 0 fully saturated rings. The molecule has 0 aliphatic carbocycles. The quantitative estimate of drug-likeness (QED) is 0.633. The molecule has 1 aliphatic rings. The predicted molar refractivity (Wildman–Crippen MR) is 56.9 cm³/mol. The first-order valence-electron chi connectivity index (χ1n) is 4.60. The second-order valence-electron chi connectivity index (χ2n) is 3.10. The zero-order chi connectivity index (χ0) is 8.93. The van der Waals surface area contributed by atoms with Crippen LogP contribution in [0.15, 0.2) is 48.6 Å². The lowest BCUT2D eigenvalue weighted by molar-refractivity contribution is 1.24. The molecule has 66 valence electrons. The Kier molecular flexibility index (Phi) is 2.46. The molecule has 0 atom stereocenters. The molecule has 0 spiro atoms. The molecule has 0 radical (unpaired) electrons. The van der Waals surface area contributed by atoms with Gasteiger partial charge in [-0.3, -0.25) is 0 Å². The lowest BCUT2D eigenvalue weighted by Crippen LogP contribution is -2.00. The van der Waals surface area contributed by atoms with E-state index in [-0.39, 0.29) is 0 Å². The Labute approximate surface area is 78.8 Å². The highest BCUT2D eigenvalue weighted by molar-refractivity contribution is 5.52. The highest BCUT2D eigenvalue weighted by Crippen LogP contribution is 2.16. The minimum Gasteiger partial charge on any atom is -0.381 e. The van der Waals surface area contributed by atoms with E-state index in [0.29, 0.717) is 0 Å². The van der Waals surface area contributed by atoms with E-state index in [1.807, 2.05) is 0 Å². The summed E-state index contributed by atoms with van der Waals surface area (Å²) in [5.74, 6) is 0. The molecule has 0 aromatic heterocycles. The fourth-order valence-electron chi connectivity index (χ4n) is 1.46. The standard InChI is InChI=1S/C12H13N/c1-2-6-10-13-12-9-5-4-8-11(12)7-3-1/h1-6,8-9,13H,7,10H2/b3-1-,6-2-. The van der Waals surface area contributed by atoms with Crippen LogP contribution in [-0.4, -0.2) is 6.54 Å². The summed E-state index contributed by atoms with van der Waals surface area (Å²) in [6.07, 6.45) is 9.50. The van der Waals surface area contributed by atoms with Crippen LogP contribution >= 0.6 is 0 Å². The minimum absolute atomic E-state index is 0.904. The van der Waals surface area contributed by atoms with Crippen LogP contribution in [0, 0.1) is 0 Å². The van der Waals surface area contributed by atoms with Crippen LogP contribution in [0.5, 0.6) is 0 Å². The van der Waals surface area contributed by atoms with Crippen molar-refractivity contribution in [2.75, 3.05) is 11.9 Å². The van der Waals surface area contributed by atoms with Crippen molar-refractivity contribution in [3.63, 3.8) is 0 Å². The van der Waals surface area contributed by atoms with Gasteiger partial charge in [-0.25, -0.2) is 0 Å². The Bertz CT molecular complexity index is 337. The van der Waals surface area contributed by atoms with Crippen molar-refractivity contribution in [2.24, 2.45) is 0 Å². The van der Waals surface area contributed by atoms with Gasteiger partial charge in [0.25, 0.3) is 0 Å². The summed E-state index contributed by atoms with van der Waals surface area (Å²) in [5, 5.41) is 3.38. The van der Waals surface area contributed by atoms with Gasteiger partial charge in [0.05, 0.1) is 0 Å². The Morgan fingerprint density at radius 2 is 1.85 bits per heavy atom. The molecule has 0 unspecified atom stereocenters. The summed E-state index contributed by atoms with van der Waals surface area (Å²) in [4.78, 5) is 0. The van der Waals surface area contributed by atoms with Crippen LogP contribution in [0.3, 0.4) is 0 Å². The summed E-state index contributed by atoms with van der Waals surface area (Å²) in [6, 6.07) is 8.44. The smallest absolute Gasteiger partial charge is 0.0378 e. The van der Waals surface area contributed by atoms with E-state index in [1.165, 1.54) is 11.3 Å². The molecule has 13 heavy (non-hydrogen) atoms. The molecule has 0 saturated carbocycles. The van der Waals surface area contributed by atoms with E-state index < -0.39 is 0 Å². The zero-order valence-electron chi connectivity index (χ0n) is 7.53. The Morgan fingerprint density at radius 3 is 2.85 bits per heavy atom. The maximum absolute atomic E-state index is 3.38. The Balaban J connectivity index is 2.31. The Hall–Kier alpha value is -1.50. The molecule has 2 rings (SSSR count). The number of benzene rings is 1. The van der Waals surface area contributed by atoms with E-state index in [4.69, 9.17) is 0 Å². The number of rotatable bonds is 0. The number of fused-ring (bicyclic) bond motifs is 1.